The quantitative estimate of drug-likeness (QED) is 0.849. The average molecular weight is 384 g/mol. The van der Waals surface area contributed by atoms with Gasteiger partial charge in [-0.3, -0.25) is 10.2 Å². The number of amides is 1. The van der Waals surface area contributed by atoms with E-state index in [9.17, 15) is 4.79 Å². The van der Waals surface area contributed by atoms with E-state index in [1.165, 1.54) is 5.56 Å². The number of ether oxygens (including phenoxy) is 3. The molecule has 28 heavy (non-hydrogen) atoms. The predicted octanol–water partition coefficient (Wildman–Crippen LogP) is 2.70. The molecule has 0 bridgehead atoms. The first-order valence-corrected chi connectivity index (χ1v) is 9.47. The molecule has 1 saturated heterocycles. The normalized spacial score (nSPS) is 16.1. The summed E-state index contributed by atoms with van der Waals surface area (Å²) in [7, 11) is 0. The van der Waals surface area contributed by atoms with Crippen LogP contribution in [0.1, 0.15) is 12.5 Å². The number of anilines is 2. The minimum Gasteiger partial charge on any atom is -0.454 e. The van der Waals surface area contributed by atoms with Crippen LogP contribution in [-0.4, -0.2) is 55.6 Å². The van der Waals surface area contributed by atoms with Crippen molar-refractivity contribution in [2.24, 2.45) is 0 Å². The summed E-state index contributed by atoms with van der Waals surface area (Å²) in [5, 5.41) is 2.66. The zero-order valence-electron chi connectivity index (χ0n) is 15.9. The van der Waals surface area contributed by atoms with Crippen molar-refractivity contribution < 1.29 is 19.0 Å². The van der Waals surface area contributed by atoms with Crippen molar-refractivity contribution in [1.82, 2.24) is 9.88 Å². The highest BCUT2D eigenvalue weighted by Gasteiger charge is 2.20. The molecule has 8 heteroatoms. The van der Waals surface area contributed by atoms with Gasteiger partial charge in [0.25, 0.3) is 0 Å². The minimum atomic E-state index is -0.464. The van der Waals surface area contributed by atoms with E-state index in [1.807, 2.05) is 18.2 Å². The summed E-state index contributed by atoms with van der Waals surface area (Å²) >= 11 is 0. The van der Waals surface area contributed by atoms with E-state index in [1.54, 1.807) is 13.1 Å². The Morgan fingerprint density at radius 3 is 2.71 bits per heavy atom. The highest BCUT2D eigenvalue weighted by atomic mass is 16.7. The Hall–Kier alpha value is -3.00. The molecule has 1 aromatic carbocycles. The van der Waals surface area contributed by atoms with Gasteiger partial charge in [0.1, 0.15) is 5.82 Å². The number of hydrogen-bond acceptors (Lipinski definition) is 7. The molecular weight excluding hydrogens is 360 g/mol. The van der Waals surface area contributed by atoms with E-state index >= 15 is 0 Å². The van der Waals surface area contributed by atoms with E-state index in [-0.39, 0.29) is 0 Å². The molecule has 0 aliphatic carbocycles. The molecule has 1 aromatic heterocycles. The minimum absolute atomic E-state index is 0.304. The third-order valence-electron chi connectivity index (χ3n) is 4.81. The molecule has 2 aromatic rings. The SMILES string of the molecule is CCOC(=O)Nc1ccc(N2CCN(Cc3ccc4c(c3)OCO4)CC2)nc1. The van der Waals surface area contributed by atoms with Gasteiger partial charge in [0, 0.05) is 32.7 Å². The zero-order chi connectivity index (χ0) is 19.3. The second-order valence-electron chi connectivity index (χ2n) is 6.70. The molecule has 8 nitrogen and oxygen atoms in total. The van der Waals surface area contributed by atoms with Crippen molar-refractivity contribution in [3.8, 4) is 11.5 Å². The van der Waals surface area contributed by atoms with Crippen molar-refractivity contribution in [3.05, 3.63) is 42.1 Å². The summed E-state index contributed by atoms with van der Waals surface area (Å²) in [6.07, 6.45) is 1.19. The topological polar surface area (TPSA) is 76.2 Å². The van der Waals surface area contributed by atoms with Gasteiger partial charge in [0.05, 0.1) is 18.5 Å². The standard InChI is InChI=1S/C20H24N4O4/c1-2-26-20(25)22-16-4-6-19(21-12-16)24-9-7-23(8-10-24)13-15-3-5-17-18(11-15)28-14-27-17/h3-6,11-12H,2,7-10,13-14H2,1H3,(H,22,25). The van der Waals surface area contributed by atoms with Crippen LogP contribution in [0.2, 0.25) is 0 Å². The Balaban J connectivity index is 1.28. The van der Waals surface area contributed by atoms with Crippen LogP contribution in [0, 0.1) is 0 Å². The number of benzene rings is 1. The molecule has 0 spiro atoms. The third-order valence-corrected chi connectivity index (χ3v) is 4.81. The summed E-state index contributed by atoms with van der Waals surface area (Å²) in [4.78, 5) is 20.6. The van der Waals surface area contributed by atoms with E-state index < -0.39 is 6.09 Å². The summed E-state index contributed by atoms with van der Waals surface area (Å²) in [5.41, 5.74) is 1.86. The van der Waals surface area contributed by atoms with Crippen molar-refractivity contribution in [3.63, 3.8) is 0 Å². The van der Waals surface area contributed by atoms with Gasteiger partial charge >= 0.3 is 6.09 Å². The lowest BCUT2D eigenvalue weighted by Gasteiger charge is -2.35. The highest BCUT2D eigenvalue weighted by Crippen LogP contribution is 2.32. The number of fused-ring (bicyclic) bond motifs is 1. The number of aromatic nitrogens is 1. The molecule has 0 unspecified atom stereocenters. The molecule has 2 aliphatic heterocycles. The maximum atomic E-state index is 11.5. The van der Waals surface area contributed by atoms with Gasteiger partial charge in [0.2, 0.25) is 6.79 Å². The van der Waals surface area contributed by atoms with Crippen LogP contribution >= 0.6 is 0 Å². The van der Waals surface area contributed by atoms with Crippen LogP contribution in [0.15, 0.2) is 36.5 Å². The zero-order valence-corrected chi connectivity index (χ0v) is 15.9. The van der Waals surface area contributed by atoms with Crippen molar-refractivity contribution in [2.75, 3.05) is 49.8 Å². The third kappa shape index (κ3) is 4.28. The molecule has 1 fully saturated rings. The van der Waals surface area contributed by atoms with Crippen molar-refractivity contribution in [1.29, 1.82) is 0 Å². The first-order valence-electron chi connectivity index (χ1n) is 9.47. The Labute approximate surface area is 164 Å². The summed E-state index contributed by atoms with van der Waals surface area (Å²) < 4.78 is 15.7. The second-order valence-corrected chi connectivity index (χ2v) is 6.70. The Kier molecular flexibility index (Phi) is 5.48. The van der Waals surface area contributed by atoms with Gasteiger partial charge in [0.15, 0.2) is 11.5 Å². The maximum Gasteiger partial charge on any atom is 0.411 e. The highest BCUT2D eigenvalue weighted by molar-refractivity contribution is 5.84. The number of pyridine rings is 1. The molecular formula is C20H24N4O4. The van der Waals surface area contributed by atoms with Crippen LogP contribution in [-0.2, 0) is 11.3 Å². The number of carbonyl (C=O) groups is 1. The number of carbonyl (C=O) groups excluding carboxylic acids is 1. The van der Waals surface area contributed by atoms with Crippen LogP contribution in [0.3, 0.4) is 0 Å². The van der Waals surface area contributed by atoms with Crippen LogP contribution in [0.25, 0.3) is 0 Å². The summed E-state index contributed by atoms with van der Waals surface area (Å²) in [6.45, 7) is 7.03. The number of hydrogen-bond donors (Lipinski definition) is 1. The van der Waals surface area contributed by atoms with E-state index in [4.69, 9.17) is 14.2 Å². The number of piperazine rings is 1. The Morgan fingerprint density at radius 1 is 1.14 bits per heavy atom. The molecule has 2 aliphatic rings. The molecule has 0 saturated carbocycles. The fourth-order valence-corrected chi connectivity index (χ4v) is 3.36. The van der Waals surface area contributed by atoms with Gasteiger partial charge in [-0.15, -0.1) is 0 Å². The second kappa shape index (κ2) is 8.35. The molecule has 4 rings (SSSR count). The monoisotopic (exact) mass is 384 g/mol. The Bertz CT molecular complexity index is 819. The van der Waals surface area contributed by atoms with Crippen LogP contribution in [0.5, 0.6) is 11.5 Å². The van der Waals surface area contributed by atoms with E-state index in [0.29, 0.717) is 19.1 Å². The van der Waals surface area contributed by atoms with Gasteiger partial charge in [-0.05, 0) is 36.8 Å². The number of nitrogens with one attached hydrogen (secondary N) is 1. The smallest absolute Gasteiger partial charge is 0.411 e. The lowest BCUT2D eigenvalue weighted by Crippen LogP contribution is -2.46. The number of rotatable bonds is 5. The van der Waals surface area contributed by atoms with Gasteiger partial charge in [-0.25, -0.2) is 9.78 Å². The lowest BCUT2D eigenvalue weighted by atomic mass is 10.1. The van der Waals surface area contributed by atoms with Gasteiger partial charge in [-0.2, -0.15) is 0 Å². The maximum absolute atomic E-state index is 11.5. The average Bonchev–Trinajstić information content (AvgIpc) is 3.17. The fraction of sp³-hybridized carbons (Fsp3) is 0.400. The molecule has 3 heterocycles. The molecule has 1 N–H and O–H groups in total. The van der Waals surface area contributed by atoms with E-state index in [0.717, 1.165) is 50.0 Å². The molecule has 1 amide bonds. The summed E-state index contributed by atoms with van der Waals surface area (Å²) in [6, 6.07) is 9.90. The van der Waals surface area contributed by atoms with E-state index in [2.05, 4.69) is 32.2 Å². The molecule has 0 radical (unpaired) electrons. The fourth-order valence-electron chi connectivity index (χ4n) is 3.36. The Morgan fingerprint density at radius 2 is 1.96 bits per heavy atom. The first-order chi connectivity index (χ1) is 13.7. The number of nitrogens with zero attached hydrogens (tertiary/aromatic N) is 3. The summed E-state index contributed by atoms with van der Waals surface area (Å²) in [5.74, 6) is 2.56. The van der Waals surface area contributed by atoms with Gasteiger partial charge < -0.3 is 19.1 Å². The first kappa shape index (κ1) is 18.4. The largest absolute Gasteiger partial charge is 0.454 e. The molecule has 0 atom stereocenters. The van der Waals surface area contributed by atoms with Crippen LogP contribution in [0.4, 0.5) is 16.3 Å². The van der Waals surface area contributed by atoms with Crippen molar-refractivity contribution >= 4 is 17.6 Å². The van der Waals surface area contributed by atoms with Crippen molar-refractivity contribution in [2.45, 2.75) is 13.5 Å². The predicted molar refractivity (Wildman–Crippen MR) is 105 cm³/mol. The van der Waals surface area contributed by atoms with Crippen LogP contribution < -0.4 is 19.7 Å². The lowest BCUT2D eigenvalue weighted by molar-refractivity contribution is 0.168. The van der Waals surface area contributed by atoms with Gasteiger partial charge in [-0.1, -0.05) is 6.07 Å². The molecule has 148 valence electrons.